The molecule has 0 N–H and O–H groups in total. The molecule has 1 amide bonds. The highest BCUT2D eigenvalue weighted by molar-refractivity contribution is 7.99. The van der Waals surface area contributed by atoms with Gasteiger partial charge in [-0.1, -0.05) is 36.0 Å². The Labute approximate surface area is 181 Å². The van der Waals surface area contributed by atoms with Crippen molar-refractivity contribution >= 4 is 17.7 Å². The summed E-state index contributed by atoms with van der Waals surface area (Å²) in [7, 11) is 5.00. The molecule has 0 fully saturated rings. The van der Waals surface area contributed by atoms with Crippen LogP contribution in [-0.4, -0.2) is 47.4 Å². The third kappa shape index (κ3) is 4.79. The van der Waals surface area contributed by atoms with E-state index in [0.29, 0.717) is 23.8 Å². The fraction of sp³-hybridized carbons (Fsp3) is 0.304. The van der Waals surface area contributed by atoms with Gasteiger partial charge in [-0.05, 0) is 37.1 Å². The third-order valence-corrected chi connectivity index (χ3v) is 5.83. The molecule has 6 nitrogen and oxygen atoms in total. The first kappa shape index (κ1) is 21.8. The van der Waals surface area contributed by atoms with Crippen LogP contribution in [0.1, 0.15) is 16.7 Å². The van der Waals surface area contributed by atoms with Gasteiger partial charge in [-0.2, -0.15) is 0 Å². The molecule has 0 bridgehead atoms. The molecule has 2 aromatic carbocycles. The van der Waals surface area contributed by atoms with Crippen molar-refractivity contribution in [1.29, 1.82) is 0 Å². The maximum Gasteiger partial charge on any atom is 0.233 e. The average Bonchev–Trinajstić information content (AvgIpc) is 3.21. The first-order valence-corrected chi connectivity index (χ1v) is 10.6. The molecule has 0 aliphatic heterocycles. The molecule has 0 atom stereocenters. The van der Waals surface area contributed by atoms with Gasteiger partial charge < -0.3 is 14.4 Å². The van der Waals surface area contributed by atoms with Gasteiger partial charge in [0.2, 0.25) is 5.91 Å². The van der Waals surface area contributed by atoms with Crippen LogP contribution in [-0.2, 0) is 11.3 Å². The molecule has 3 rings (SSSR count). The Morgan fingerprint density at radius 3 is 2.70 bits per heavy atom. The SMILES string of the molecule is COc1cccc(CN(C)C(=O)CSc2nccn2-c2cc(C)ccc2C)c1OC. The molecule has 0 saturated carbocycles. The van der Waals surface area contributed by atoms with Crippen LogP contribution in [0, 0.1) is 13.8 Å². The second-order valence-electron chi connectivity index (χ2n) is 7.06. The number of aromatic nitrogens is 2. The van der Waals surface area contributed by atoms with Gasteiger partial charge in [-0.15, -0.1) is 0 Å². The minimum atomic E-state index is 0.0142. The lowest BCUT2D eigenvalue weighted by Gasteiger charge is -2.20. The fourth-order valence-electron chi connectivity index (χ4n) is 3.22. The summed E-state index contributed by atoms with van der Waals surface area (Å²) in [4.78, 5) is 18.9. The van der Waals surface area contributed by atoms with Crippen LogP contribution in [0.2, 0.25) is 0 Å². The largest absolute Gasteiger partial charge is 0.493 e. The maximum absolute atomic E-state index is 12.8. The summed E-state index contributed by atoms with van der Waals surface area (Å²) in [5.74, 6) is 1.61. The summed E-state index contributed by atoms with van der Waals surface area (Å²) in [6.07, 6.45) is 3.69. The van der Waals surface area contributed by atoms with Crippen molar-refractivity contribution in [2.75, 3.05) is 27.0 Å². The van der Waals surface area contributed by atoms with E-state index in [1.807, 2.05) is 29.0 Å². The molecule has 0 spiro atoms. The van der Waals surface area contributed by atoms with Crippen molar-refractivity contribution in [2.45, 2.75) is 25.5 Å². The average molecular weight is 426 g/mol. The number of benzene rings is 2. The molecular weight excluding hydrogens is 398 g/mol. The van der Waals surface area contributed by atoms with Crippen molar-refractivity contribution in [2.24, 2.45) is 0 Å². The van der Waals surface area contributed by atoms with Crippen molar-refractivity contribution in [3.8, 4) is 17.2 Å². The summed E-state index contributed by atoms with van der Waals surface area (Å²) < 4.78 is 12.8. The third-order valence-electron chi connectivity index (χ3n) is 4.87. The summed E-state index contributed by atoms with van der Waals surface area (Å²) in [5.41, 5.74) is 4.32. The van der Waals surface area contributed by atoms with Gasteiger partial charge in [0.15, 0.2) is 16.7 Å². The van der Waals surface area contributed by atoms with Crippen molar-refractivity contribution in [3.05, 3.63) is 65.5 Å². The topological polar surface area (TPSA) is 56.6 Å². The van der Waals surface area contributed by atoms with Gasteiger partial charge in [0.25, 0.3) is 0 Å². The normalized spacial score (nSPS) is 10.7. The van der Waals surface area contributed by atoms with E-state index in [9.17, 15) is 4.79 Å². The number of ether oxygens (including phenoxy) is 2. The van der Waals surface area contributed by atoms with Gasteiger partial charge in [-0.25, -0.2) is 4.98 Å². The number of methoxy groups -OCH3 is 2. The van der Waals surface area contributed by atoms with Crippen LogP contribution >= 0.6 is 11.8 Å². The number of amides is 1. The number of carbonyl (C=O) groups is 1. The molecule has 0 aliphatic carbocycles. The van der Waals surface area contributed by atoms with E-state index < -0.39 is 0 Å². The Kier molecular flexibility index (Phi) is 7.05. The smallest absolute Gasteiger partial charge is 0.233 e. The fourth-order valence-corrected chi connectivity index (χ4v) is 4.12. The van der Waals surface area contributed by atoms with E-state index in [-0.39, 0.29) is 5.91 Å². The van der Waals surface area contributed by atoms with Crippen LogP contribution in [0.4, 0.5) is 0 Å². The van der Waals surface area contributed by atoms with Crippen molar-refractivity contribution in [1.82, 2.24) is 14.5 Å². The van der Waals surface area contributed by atoms with E-state index in [2.05, 4.69) is 37.0 Å². The van der Waals surface area contributed by atoms with Crippen LogP contribution in [0.15, 0.2) is 53.9 Å². The highest BCUT2D eigenvalue weighted by atomic mass is 32.2. The van der Waals surface area contributed by atoms with E-state index in [1.165, 1.54) is 17.3 Å². The van der Waals surface area contributed by atoms with E-state index in [1.54, 1.807) is 32.4 Å². The molecular formula is C23H27N3O3S. The minimum Gasteiger partial charge on any atom is -0.493 e. The lowest BCUT2D eigenvalue weighted by atomic mass is 10.1. The Morgan fingerprint density at radius 1 is 1.17 bits per heavy atom. The molecule has 0 unspecified atom stereocenters. The van der Waals surface area contributed by atoms with Gasteiger partial charge in [0.1, 0.15) is 0 Å². The van der Waals surface area contributed by atoms with Gasteiger partial charge in [0.05, 0.1) is 25.7 Å². The zero-order valence-corrected chi connectivity index (χ0v) is 18.8. The molecule has 1 aromatic heterocycles. The molecule has 1 heterocycles. The van der Waals surface area contributed by atoms with Crippen LogP contribution in [0.5, 0.6) is 11.5 Å². The van der Waals surface area contributed by atoms with E-state index in [4.69, 9.17) is 9.47 Å². The van der Waals surface area contributed by atoms with E-state index in [0.717, 1.165) is 22.0 Å². The molecule has 0 aliphatic rings. The molecule has 3 aromatic rings. The number of carbonyl (C=O) groups excluding carboxylic acids is 1. The lowest BCUT2D eigenvalue weighted by molar-refractivity contribution is -0.127. The number of rotatable bonds is 8. The van der Waals surface area contributed by atoms with Crippen LogP contribution < -0.4 is 9.47 Å². The molecule has 30 heavy (non-hydrogen) atoms. The lowest BCUT2D eigenvalue weighted by Crippen LogP contribution is -2.28. The monoisotopic (exact) mass is 425 g/mol. The minimum absolute atomic E-state index is 0.0142. The van der Waals surface area contributed by atoms with Crippen LogP contribution in [0.25, 0.3) is 5.69 Å². The molecule has 158 valence electrons. The molecule has 0 radical (unpaired) electrons. The van der Waals surface area contributed by atoms with Crippen molar-refractivity contribution in [3.63, 3.8) is 0 Å². The van der Waals surface area contributed by atoms with E-state index >= 15 is 0 Å². The second-order valence-corrected chi connectivity index (χ2v) is 8.00. The van der Waals surface area contributed by atoms with Crippen molar-refractivity contribution < 1.29 is 14.3 Å². The zero-order chi connectivity index (χ0) is 21.7. The number of aryl methyl sites for hydroxylation is 2. The highest BCUT2D eigenvalue weighted by Gasteiger charge is 2.17. The molecule has 0 saturated heterocycles. The quantitative estimate of drug-likeness (QED) is 0.505. The standard InChI is InChI=1S/C23H27N3O3S/c1-16-9-10-17(2)19(13-16)26-12-11-24-23(26)30-15-21(27)25(3)14-18-7-6-8-20(28-4)22(18)29-5/h6-13H,14-15H2,1-5H3. The number of hydrogen-bond donors (Lipinski definition) is 0. The van der Waals surface area contributed by atoms with Gasteiger partial charge in [0, 0.05) is 31.5 Å². The Morgan fingerprint density at radius 2 is 1.97 bits per heavy atom. The number of thioether (sulfide) groups is 1. The molecule has 7 heteroatoms. The van der Waals surface area contributed by atoms with Gasteiger partial charge in [-0.3, -0.25) is 9.36 Å². The zero-order valence-electron chi connectivity index (χ0n) is 18.0. The van der Waals surface area contributed by atoms with Gasteiger partial charge >= 0.3 is 0 Å². The maximum atomic E-state index is 12.8. The summed E-state index contributed by atoms with van der Waals surface area (Å²) in [5, 5.41) is 0.796. The Hall–Kier alpha value is -2.93. The summed E-state index contributed by atoms with van der Waals surface area (Å²) in [6, 6.07) is 12.0. The number of hydrogen-bond acceptors (Lipinski definition) is 5. The predicted molar refractivity (Wildman–Crippen MR) is 120 cm³/mol. The Balaban J connectivity index is 1.69. The highest BCUT2D eigenvalue weighted by Crippen LogP contribution is 2.31. The number of imidazole rings is 1. The summed E-state index contributed by atoms with van der Waals surface area (Å²) >= 11 is 1.43. The van der Waals surface area contributed by atoms with Crippen LogP contribution in [0.3, 0.4) is 0 Å². The Bertz CT molecular complexity index is 1030. The number of nitrogens with zero attached hydrogens (tertiary/aromatic N) is 3. The summed E-state index contributed by atoms with van der Waals surface area (Å²) in [6.45, 7) is 4.58. The first-order valence-electron chi connectivity index (χ1n) is 9.62. The number of para-hydroxylation sites is 1. The second kappa shape index (κ2) is 9.71. The first-order chi connectivity index (χ1) is 14.4. The predicted octanol–water partition coefficient (Wildman–Crippen LogP) is 4.26.